The van der Waals surface area contributed by atoms with E-state index in [-0.39, 0.29) is 10.8 Å². The van der Waals surface area contributed by atoms with Gasteiger partial charge in [0.2, 0.25) is 0 Å². The van der Waals surface area contributed by atoms with Gasteiger partial charge in [-0.3, -0.25) is 0 Å². The van der Waals surface area contributed by atoms with Crippen LogP contribution in [0.3, 0.4) is 0 Å². The fourth-order valence-electron chi connectivity index (χ4n) is 1.85. The van der Waals surface area contributed by atoms with Gasteiger partial charge in [0.1, 0.15) is 11.6 Å². The molecule has 0 saturated heterocycles. The molecule has 0 aromatic heterocycles. The molecular formula is C16H16F2N2S. The number of halogens is 2. The van der Waals surface area contributed by atoms with Crippen molar-refractivity contribution in [1.29, 1.82) is 0 Å². The summed E-state index contributed by atoms with van der Waals surface area (Å²) in [6, 6.07) is 11.0. The number of hydrogen-bond donors (Lipinski definition) is 2. The van der Waals surface area contributed by atoms with E-state index >= 15 is 0 Å². The quantitative estimate of drug-likeness (QED) is 0.789. The Kier molecular flexibility index (Phi) is 4.85. The monoisotopic (exact) mass is 306 g/mol. The molecule has 21 heavy (non-hydrogen) atoms. The van der Waals surface area contributed by atoms with Crippen molar-refractivity contribution in [2.75, 3.05) is 10.6 Å². The van der Waals surface area contributed by atoms with Gasteiger partial charge in [-0.1, -0.05) is 26.0 Å². The lowest BCUT2D eigenvalue weighted by Crippen LogP contribution is -2.20. The van der Waals surface area contributed by atoms with Crippen LogP contribution >= 0.6 is 12.2 Å². The summed E-state index contributed by atoms with van der Waals surface area (Å²) < 4.78 is 26.6. The number of anilines is 2. The highest BCUT2D eigenvalue weighted by Crippen LogP contribution is 2.19. The minimum absolute atomic E-state index is 0.00696. The van der Waals surface area contributed by atoms with Crippen molar-refractivity contribution in [2.24, 2.45) is 0 Å². The Morgan fingerprint density at radius 2 is 1.81 bits per heavy atom. The third-order valence-electron chi connectivity index (χ3n) is 2.99. The average molecular weight is 306 g/mol. The van der Waals surface area contributed by atoms with E-state index in [1.54, 1.807) is 0 Å². The van der Waals surface area contributed by atoms with Crippen molar-refractivity contribution in [2.45, 2.75) is 19.8 Å². The fourth-order valence-corrected chi connectivity index (χ4v) is 2.08. The first-order chi connectivity index (χ1) is 9.95. The number of rotatable bonds is 3. The van der Waals surface area contributed by atoms with Crippen LogP contribution in [0.1, 0.15) is 25.3 Å². The van der Waals surface area contributed by atoms with Crippen LogP contribution in [0.15, 0.2) is 42.5 Å². The van der Waals surface area contributed by atoms with Crippen molar-refractivity contribution in [3.63, 3.8) is 0 Å². The number of thiocarbonyl (C=S) groups is 1. The molecule has 0 saturated carbocycles. The summed E-state index contributed by atoms with van der Waals surface area (Å²) in [4.78, 5) is 0. The Hall–Kier alpha value is -2.01. The minimum Gasteiger partial charge on any atom is -0.332 e. The number of benzene rings is 2. The molecule has 5 heteroatoms. The van der Waals surface area contributed by atoms with Crippen LogP contribution in [-0.4, -0.2) is 5.11 Å². The second-order valence-corrected chi connectivity index (χ2v) is 5.39. The zero-order valence-corrected chi connectivity index (χ0v) is 12.6. The highest BCUT2D eigenvalue weighted by Gasteiger charge is 2.07. The molecule has 2 aromatic carbocycles. The summed E-state index contributed by atoms with van der Waals surface area (Å²) >= 11 is 5.12. The third kappa shape index (κ3) is 4.23. The van der Waals surface area contributed by atoms with E-state index in [4.69, 9.17) is 12.2 Å². The second kappa shape index (κ2) is 6.63. The first kappa shape index (κ1) is 15.4. The molecule has 2 N–H and O–H groups in total. The maximum Gasteiger partial charge on any atom is 0.175 e. The lowest BCUT2D eigenvalue weighted by molar-refractivity contribution is 0.604. The van der Waals surface area contributed by atoms with Crippen molar-refractivity contribution in [3.05, 3.63) is 59.7 Å². The summed E-state index contributed by atoms with van der Waals surface area (Å²) in [6.45, 7) is 4.19. The first-order valence-electron chi connectivity index (χ1n) is 6.58. The predicted octanol–water partition coefficient (Wildman–Crippen LogP) is 4.90. The van der Waals surface area contributed by atoms with Crippen LogP contribution in [0.4, 0.5) is 20.2 Å². The largest absolute Gasteiger partial charge is 0.332 e. The Labute approximate surface area is 128 Å². The maximum absolute atomic E-state index is 13.5. The van der Waals surface area contributed by atoms with Gasteiger partial charge in [0.05, 0.1) is 5.69 Å². The summed E-state index contributed by atoms with van der Waals surface area (Å²) in [5.41, 5.74) is 1.97. The maximum atomic E-state index is 13.5. The van der Waals surface area contributed by atoms with E-state index in [0.717, 1.165) is 23.9 Å². The number of nitrogens with one attached hydrogen (secondary N) is 2. The molecule has 2 nitrogen and oxygen atoms in total. The molecule has 2 aromatic rings. The van der Waals surface area contributed by atoms with Crippen LogP contribution < -0.4 is 10.6 Å². The van der Waals surface area contributed by atoms with Crippen molar-refractivity contribution >= 4 is 28.7 Å². The predicted molar refractivity (Wildman–Crippen MR) is 86.7 cm³/mol. The first-order valence-corrected chi connectivity index (χ1v) is 6.99. The van der Waals surface area contributed by atoms with Gasteiger partial charge in [0.15, 0.2) is 5.11 Å². The molecule has 0 amide bonds. The van der Waals surface area contributed by atoms with Gasteiger partial charge in [-0.15, -0.1) is 0 Å². The standard InChI is InChI=1S/C16H16F2N2S/c1-10(2)11-4-3-5-13(8-11)19-16(21)20-15-9-12(17)6-7-14(15)18/h3-10H,1-2H3,(H2,19,20,21). The van der Waals surface area contributed by atoms with Gasteiger partial charge in [0.25, 0.3) is 0 Å². The number of hydrogen-bond acceptors (Lipinski definition) is 1. The third-order valence-corrected chi connectivity index (χ3v) is 3.19. The zero-order valence-electron chi connectivity index (χ0n) is 11.8. The molecule has 0 aliphatic rings. The van der Waals surface area contributed by atoms with Crippen molar-refractivity contribution in [1.82, 2.24) is 0 Å². The molecule has 0 heterocycles. The zero-order chi connectivity index (χ0) is 15.4. The highest BCUT2D eigenvalue weighted by atomic mass is 32.1. The molecule has 0 atom stereocenters. The normalized spacial score (nSPS) is 10.5. The summed E-state index contributed by atoms with van der Waals surface area (Å²) in [5.74, 6) is -0.686. The molecule has 2 rings (SSSR count). The van der Waals surface area contributed by atoms with Crippen molar-refractivity contribution in [3.8, 4) is 0 Å². The van der Waals surface area contributed by atoms with Crippen LogP contribution in [0.5, 0.6) is 0 Å². The SMILES string of the molecule is CC(C)c1cccc(NC(=S)Nc2cc(F)ccc2F)c1. The topological polar surface area (TPSA) is 24.1 Å². The van der Waals surface area contributed by atoms with E-state index in [1.165, 1.54) is 5.56 Å². The molecule has 0 fully saturated rings. The Morgan fingerprint density at radius 1 is 1.05 bits per heavy atom. The molecule has 110 valence electrons. The van der Waals surface area contributed by atoms with Crippen molar-refractivity contribution < 1.29 is 8.78 Å². The van der Waals surface area contributed by atoms with E-state index in [0.29, 0.717) is 5.92 Å². The van der Waals surface area contributed by atoms with Crippen LogP contribution in [0, 0.1) is 11.6 Å². The molecular weight excluding hydrogens is 290 g/mol. The van der Waals surface area contributed by atoms with Gasteiger partial charge in [-0.25, -0.2) is 8.78 Å². The molecule has 0 aliphatic carbocycles. The Morgan fingerprint density at radius 3 is 2.52 bits per heavy atom. The lowest BCUT2D eigenvalue weighted by atomic mass is 10.0. The van der Waals surface area contributed by atoms with Crippen LogP contribution in [0.2, 0.25) is 0 Å². The highest BCUT2D eigenvalue weighted by molar-refractivity contribution is 7.80. The van der Waals surface area contributed by atoms with Crippen LogP contribution in [0.25, 0.3) is 0 Å². The second-order valence-electron chi connectivity index (χ2n) is 4.98. The Balaban J connectivity index is 2.08. The van der Waals surface area contributed by atoms with Crippen LogP contribution in [-0.2, 0) is 0 Å². The molecule has 0 bridgehead atoms. The molecule has 0 radical (unpaired) electrons. The minimum atomic E-state index is -0.559. The van der Waals surface area contributed by atoms with E-state index in [1.807, 2.05) is 24.3 Å². The summed E-state index contributed by atoms with van der Waals surface area (Å²) in [7, 11) is 0. The summed E-state index contributed by atoms with van der Waals surface area (Å²) in [5, 5.41) is 5.83. The van der Waals surface area contributed by atoms with E-state index < -0.39 is 11.6 Å². The Bertz CT molecular complexity index is 656. The fraction of sp³-hybridized carbons (Fsp3) is 0.188. The van der Waals surface area contributed by atoms with Gasteiger partial charge < -0.3 is 10.6 Å². The van der Waals surface area contributed by atoms with E-state index in [2.05, 4.69) is 24.5 Å². The average Bonchev–Trinajstić information content (AvgIpc) is 2.43. The van der Waals surface area contributed by atoms with E-state index in [9.17, 15) is 8.78 Å². The smallest absolute Gasteiger partial charge is 0.175 e. The molecule has 0 aliphatic heterocycles. The van der Waals surface area contributed by atoms with Gasteiger partial charge >= 0.3 is 0 Å². The summed E-state index contributed by atoms with van der Waals surface area (Å²) in [6.07, 6.45) is 0. The molecule has 0 spiro atoms. The van der Waals surface area contributed by atoms with Gasteiger partial charge in [-0.05, 0) is 48.0 Å². The van der Waals surface area contributed by atoms with Gasteiger partial charge in [-0.2, -0.15) is 0 Å². The molecule has 0 unspecified atom stereocenters. The van der Waals surface area contributed by atoms with Gasteiger partial charge in [0, 0.05) is 11.8 Å². The lowest BCUT2D eigenvalue weighted by Gasteiger charge is -2.13.